The second-order valence-electron chi connectivity index (χ2n) is 4.10. The topological polar surface area (TPSA) is 30.5 Å². The molecule has 0 aliphatic heterocycles. The van der Waals surface area contributed by atoms with E-state index in [0.29, 0.717) is 13.2 Å². The Hall–Kier alpha value is -2.16. The van der Waals surface area contributed by atoms with Gasteiger partial charge in [-0.05, 0) is 25.1 Å². The molecule has 0 amide bonds. The summed E-state index contributed by atoms with van der Waals surface area (Å²) in [5.74, 6) is 1.59. The van der Waals surface area contributed by atoms with Crippen LogP contribution in [-0.2, 0) is 6.54 Å². The molecule has 0 aliphatic carbocycles. The van der Waals surface area contributed by atoms with E-state index in [4.69, 9.17) is 9.47 Å². The molecular formula is C16H19NO2. The van der Waals surface area contributed by atoms with Crippen LogP contribution in [-0.4, -0.2) is 13.7 Å². The minimum Gasteiger partial charge on any atom is -0.493 e. The highest BCUT2D eigenvalue weighted by atomic mass is 16.5. The minimum absolute atomic E-state index is 0.631. The maximum absolute atomic E-state index is 5.57. The van der Waals surface area contributed by atoms with E-state index in [9.17, 15) is 0 Å². The molecule has 3 nitrogen and oxygen atoms in total. The highest BCUT2D eigenvalue weighted by Crippen LogP contribution is 2.31. The molecule has 3 heteroatoms. The first kappa shape index (κ1) is 13.3. The second kappa shape index (κ2) is 6.69. The molecule has 1 N–H and O–H groups in total. The van der Waals surface area contributed by atoms with E-state index in [1.165, 1.54) is 0 Å². The first-order valence-corrected chi connectivity index (χ1v) is 6.42. The zero-order chi connectivity index (χ0) is 13.5. The number of benzene rings is 2. The summed E-state index contributed by atoms with van der Waals surface area (Å²) in [6.45, 7) is 3.30. The summed E-state index contributed by atoms with van der Waals surface area (Å²) in [4.78, 5) is 0. The average Bonchev–Trinajstić information content (AvgIpc) is 2.46. The quantitative estimate of drug-likeness (QED) is 0.855. The fourth-order valence-corrected chi connectivity index (χ4v) is 1.95. The maximum Gasteiger partial charge on any atom is 0.165 e. The zero-order valence-electron chi connectivity index (χ0n) is 11.3. The molecule has 2 rings (SSSR count). The first-order chi connectivity index (χ1) is 9.35. The van der Waals surface area contributed by atoms with Crippen LogP contribution in [0.1, 0.15) is 12.5 Å². The van der Waals surface area contributed by atoms with E-state index in [1.54, 1.807) is 7.11 Å². The van der Waals surface area contributed by atoms with Crippen molar-refractivity contribution < 1.29 is 9.47 Å². The van der Waals surface area contributed by atoms with Crippen molar-refractivity contribution in [3.63, 3.8) is 0 Å². The lowest BCUT2D eigenvalue weighted by atomic mass is 10.1. The van der Waals surface area contributed by atoms with Gasteiger partial charge in [0.15, 0.2) is 11.5 Å². The fraction of sp³-hybridized carbons (Fsp3) is 0.250. The Labute approximate surface area is 114 Å². The SMILES string of the molecule is CCOc1cccc(CNc2ccccc2)c1OC. The summed E-state index contributed by atoms with van der Waals surface area (Å²) in [5, 5.41) is 3.37. The number of hydrogen-bond donors (Lipinski definition) is 1. The summed E-state index contributed by atoms with van der Waals surface area (Å²) >= 11 is 0. The lowest BCUT2D eigenvalue weighted by Crippen LogP contribution is -2.03. The van der Waals surface area contributed by atoms with Gasteiger partial charge in [0, 0.05) is 17.8 Å². The molecule has 2 aromatic rings. The van der Waals surface area contributed by atoms with Gasteiger partial charge in [-0.3, -0.25) is 0 Å². The van der Waals surface area contributed by atoms with E-state index >= 15 is 0 Å². The fourth-order valence-electron chi connectivity index (χ4n) is 1.95. The highest BCUT2D eigenvalue weighted by Gasteiger charge is 2.09. The molecule has 0 aliphatic rings. The molecule has 0 atom stereocenters. The van der Waals surface area contributed by atoms with Crippen molar-refractivity contribution in [2.75, 3.05) is 19.0 Å². The van der Waals surface area contributed by atoms with Crippen molar-refractivity contribution >= 4 is 5.69 Å². The van der Waals surface area contributed by atoms with Gasteiger partial charge < -0.3 is 14.8 Å². The lowest BCUT2D eigenvalue weighted by Gasteiger charge is -2.14. The van der Waals surface area contributed by atoms with E-state index in [2.05, 4.69) is 5.32 Å². The summed E-state index contributed by atoms with van der Waals surface area (Å²) in [5.41, 5.74) is 2.17. The zero-order valence-corrected chi connectivity index (χ0v) is 11.3. The summed E-state index contributed by atoms with van der Waals surface area (Å²) in [6, 6.07) is 16.0. The monoisotopic (exact) mass is 257 g/mol. The molecule has 0 radical (unpaired) electrons. The van der Waals surface area contributed by atoms with Gasteiger partial charge in [-0.1, -0.05) is 30.3 Å². The van der Waals surface area contributed by atoms with Crippen molar-refractivity contribution in [1.82, 2.24) is 0 Å². The van der Waals surface area contributed by atoms with Crippen molar-refractivity contribution in [2.45, 2.75) is 13.5 Å². The molecule has 0 bridgehead atoms. The van der Waals surface area contributed by atoms with Crippen molar-refractivity contribution in [3.8, 4) is 11.5 Å². The normalized spacial score (nSPS) is 10.0. The van der Waals surface area contributed by atoms with Gasteiger partial charge in [-0.15, -0.1) is 0 Å². The standard InChI is InChI=1S/C16H19NO2/c1-3-19-15-11-7-8-13(16(15)18-2)12-17-14-9-5-4-6-10-14/h4-11,17H,3,12H2,1-2H3. The minimum atomic E-state index is 0.631. The molecule has 0 spiro atoms. The van der Waals surface area contributed by atoms with E-state index in [1.807, 2.05) is 55.5 Å². The third-order valence-electron chi connectivity index (χ3n) is 2.82. The maximum atomic E-state index is 5.57. The van der Waals surface area contributed by atoms with Crippen LogP contribution in [0.2, 0.25) is 0 Å². The third kappa shape index (κ3) is 3.41. The van der Waals surface area contributed by atoms with Crippen LogP contribution in [0.4, 0.5) is 5.69 Å². The Morgan fingerprint density at radius 3 is 2.47 bits per heavy atom. The smallest absolute Gasteiger partial charge is 0.165 e. The van der Waals surface area contributed by atoms with Crippen LogP contribution in [0.5, 0.6) is 11.5 Å². The third-order valence-corrected chi connectivity index (χ3v) is 2.82. The van der Waals surface area contributed by atoms with Gasteiger partial charge in [0.1, 0.15) is 0 Å². The summed E-state index contributed by atoms with van der Waals surface area (Å²) < 4.78 is 11.0. The molecular weight excluding hydrogens is 238 g/mol. The van der Waals surface area contributed by atoms with Crippen LogP contribution < -0.4 is 14.8 Å². The Kier molecular flexibility index (Phi) is 4.67. The van der Waals surface area contributed by atoms with E-state index < -0.39 is 0 Å². The summed E-state index contributed by atoms with van der Waals surface area (Å²) in [6.07, 6.45) is 0. The number of para-hydroxylation sites is 2. The van der Waals surface area contributed by atoms with Crippen LogP contribution in [0, 0.1) is 0 Å². The predicted molar refractivity (Wildman–Crippen MR) is 77.9 cm³/mol. The molecule has 0 saturated heterocycles. The van der Waals surface area contributed by atoms with E-state index in [-0.39, 0.29) is 0 Å². The predicted octanol–water partition coefficient (Wildman–Crippen LogP) is 3.71. The Morgan fingerprint density at radius 2 is 1.79 bits per heavy atom. The number of nitrogens with one attached hydrogen (secondary N) is 1. The van der Waals surface area contributed by atoms with Crippen molar-refractivity contribution in [3.05, 3.63) is 54.1 Å². The average molecular weight is 257 g/mol. The van der Waals surface area contributed by atoms with Crippen LogP contribution >= 0.6 is 0 Å². The number of anilines is 1. The van der Waals surface area contributed by atoms with Crippen LogP contribution in [0.25, 0.3) is 0 Å². The molecule has 0 unspecified atom stereocenters. The number of methoxy groups -OCH3 is 1. The highest BCUT2D eigenvalue weighted by molar-refractivity contribution is 5.49. The number of rotatable bonds is 6. The van der Waals surface area contributed by atoms with E-state index in [0.717, 1.165) is 22.7 Å². The van der Waals surface area contributed by atoms with Crippen LogP contribution in [0.15, 0.2) is 48.5 Å². The molecule has 2 aromatic carbocycles. The molecule has 0 aromatic heterocycles. The number of ether oxygens (including phenoxy) is 2. The lowest BCUT2D eigenvalue weighted by molar-refractivity contribution is 0.309. The molecule has 0 fully saturated rings. The van der Waals surface area contributed by atoms with Crippen molar-refractivity contribution in [1.29, 1.82) is 0 Å². The van der Waals surface area contributed by atoms with Gasteiger partial charge in [-0.2, -0.15) is 0 Å². The molecule has 0 heterocycles. The molecule has 19 heavy (non-hydrogen) atoms. The largest absolute Gasteiger partial charge is 0.493 e. The Morgan fingerprint density at radius 1 is 1.00 bits per heavy atom. The van der Waals surface area contributed by atoms with Gasteiger partial charge in [0.25, 0.3) is 0 Å². The second-order valence-corrected chi connectivity index (χ2v) is 4.10. The van der Waals surface area contributed by atoms with Gasteiger partial charge in [0.05, 0.1) is 13.7 Å². The molecule has 100 valence electrons. The van der Waals surface area contributed by atoms with Crippen molar-refractivity contribution in [2.24, 2.45) is 0 Å². The van der Waals surface area contributed by atoms with Gasteiger partial charge in [-0.25, -0.2) is 0 Å². The number of hydrogen-bond acceptors (Lipinski definition) is 3. The first-order valence-electron chi connectivity index (χ1n) is 6.42. The molecule has 0 saturated carbocycles. The summed E-state index contributed by atoms with van der Waals surface area (Å²) in [7, 11) is 1.67. The van der Waals surface area contributed by atoms with Gasteiger partial charge >= 0.3 is 0 Å². The van der Waals surface area contributed by atoms with Crippen LogP contribution in [0.3, 0.4) is 0 Å². The Bertz CT molecular complexity index is 511. The Balaban J connectivity index is 2.13. The van der Waals surface area contributed by atoms with Gasteiger partial charge in [0.2, 0.25) is 0 Å².